The van der Waals surface area contributed by atoms with Crippen molar-refractivity contribution >= 4 is 17.2 Å². The van der Waals surface area contributed by atoms with Crippen molar-refractivity contribution < 1.29 is 14.1 Å². The van der Waals surface area contributed by atoms with Crippen LogP contribution in [0.2, 0.25) is 0 Å². The molecule has 0 aromatic carbocycles. The first-order valence-corrected chi connectivity index (χ1v) is 9.08. The number of carbonyl (C=O) groups is 1. The van der Waals surface area contributed by atoms with Crippen molar-refractivity contribution in [2.45, 2.75) is 44.8 Å². The Morgan fingerprint density at radius 3 is 2.83 bits per heavy atom. The third kappa shape index (κ3) is 2.75. The topological polar surface area (TPSA) is 68.5 Å². The summed E-state index contributed by atoms with van der Waals surface area (Å²) in [6.45, 7) is 4.48. The molecule has 0 radical (unpaired) electrons. The van der Waals surface area contributed by atoms with Gasteiger partial charge in [-0.2, -0.15) is 4.98 Å². The van der Waals surface area contributed by atoms with E-state index < -0.39 is 0 Å². The molecule has 2 fully saturated rings. The summed E-state index contributed by atoms with van der Waals surface area (Å²) in [6.07, 6.45) is 1.66. The van der Waals surface area contributed by atoms with Gasteiger partial charge in [0, 0.05) is 41.7 Å². The highest BCUT2D eigenvalue weighted by Crippen LogP contribution is 2.52. The van der Waals surface area contributed by atoms with Crippen molar-refractivity contribution in [2.75, 3.05) is 13.7 Å². The average molecular weight is 347 g/mol. The van der Waals surface area contributed by atoms with Crippen molar-refractivity contribution in [1.29, 1.82) is 0 Å². The minimum Gasteiger partial charge on any atom is -0.380 e. The Bertz CT molecular complexity index is 756. The van der Waals surface area contributed by atoms with Gasteiger partial charge in [-0.05, 0) is 32.4 Å². The molecule has 2 aliphatic rings. The number of amides is 1. The van der Waals surface area contributed by atoms with Crippen LogP contribution in [0.4, 0.5) is 0 Å². The maximum Gasteiger partial charge on any atom is 0.249 e. The summed E-state index contributed by atoms with van der Waals surface area (Å²) < 4.78 is 10.8. The van der Waals surface area contributed by atoms with Crippen LogP contribution in [-0.2, 0) is 9.53 Å². The molecule has 6 nitrogen and oxygen atoms in total. The summed E-state index contributed by atoms with van der Waals surface area (Å²) in [6, 6.07) is 4.11. The molecular weight excluding hydrogens is 326 g/mol. The van der Waals surface area contributed by atoms with E-state index in [0.717, 1.165) is 6.42 Å². The maximum atomic E-state index is 13.0. The van der Waals surface area contributed by atoms with Gasteiger partial charge in [0.15, 0.2) is 5.82 Å². The summed E-state index contributed by atoms with van der Waals surface area (Å²) in [5.41, 5.74) is 0. The second-order valence-electron chi connectivity index (χ2n) is 6.68. The number of aryl methyl sites for hydroxylation is 2. The van der Waals surface area contributed by atoms with Crippen LogP contribution >= 0.6 is 11.3 Å². The zero-order chi connectivity index (χ0) is 16.8. The SMILES string of the molecule is CO[C@@H]1C[C@H](c2nc(C)no2)N(C(=O)C2CC2c2ccc(C)s2)C1. The average Bonchev–Trinajstić information content (AvgIpc) is 2.90. The molecule has 4 atom stereocenters. The molecule has 4 rings (SSSR count). The smallest absolute Gasteiger partial charge is 0.249 e. The van der Waals surface area contributed by atoms with E-state index in [1.807, 2.05) is 4.90 Å². The number of methoxy groups -OCH3 is 1. The van der Waals surface area contributed by atoms with Gasteiger partial charge in [0.25, 0.3) is 0 Å². The predicted octanol–water partition coefficient (Wildman–Crippen LogP) is 2.84. The molecule has 0 bridgehead atoms. The van der Waals surface area contributed by atoms with Gasteiger partial charge in [-0.25, -0.2) is 0 Å². The summed E-state index contributed by atoms with van der Waals surface area (Å²) in [5, 5.41) is 3.87. The molecule has 128 valence electrons. The molecule has 7 heteroatoms. The van der Waals surface area contributed by atoms with Gasteiger partial charge >= 0.3 is 0 Å². The fourth-order valence-electron chi connectivity index (χ4n) is 3.54. The minimum absolute atomic E-state index is 0.0207. The number of likely N-dealkylation sites (tertiary alicyclic amines) is 1. The van der Waals surface area contributed by atoms with Crippen LogP contribution in [0.1, 0.15) is 46.3 Å². The van der Waals surface area contributed by atoms with Crippen LogP contribution in [0.3, 0.4) is 0 Å². The summed E-state index contributed by atoms with van der Waals surface area (Å²) in [7, 11) is 1.68. The summed E-state index contributed by atoms with van der Waals surface area (Å²) in [4.78, 5) is 21.9. The third-order valence-electron chi connectivity index (χ3n) is 4.94. The van der Waals surface area contributed by atoms with E-state index in [1.54, 1.807) is 25.4 Å². The summed E-state index contributed by atoms with van der Waals surface area (Å²) >= 11 is 1.79. The van der Waals surface area contributed by atoms with Crippen LogP contribution in [-0.4, -0.2) is 40.7 Å². The number of hydrogen-bond acceptors (Lipinski definition) is 6. The second-order valence-corrected chi connectivity index (χ2v) is 8.00. The highest BCUT2D eigenvalue weighted by molar-refractivity contribution is 7.12. The zero-order valence-electron chi connectivity index (χ0n) is 14.1. The van der Waals surface area contributed by atoms with E-state index in [9.17, 15) is 4.79 Å². The molecule has 24 heavy (non-hydrogen) atoms. The standard InChI is InChI=1S/C17H21N3O3S/c1-9-4-5-15(24-9)12-7-13(12)17(21)20-8-11(22-3)6-14(20)16-18-10(2)19-23-16/h4-5,11-14H,6-8H2,1-3H3/t11-,12?,13?,14-/m1/s1. The molecule has 3 heterocycles. The van der Waals surface area contributed by atoms with Crippen molar-refractivity contribution in [3.8, 4) is 0 Å². The van der Waals surface area contributed by atoms with Gasteiger partial charge < -0.3 is 14.2 Å². The molecule has 2 aromatic heterocycles. The lowest BCUT2D eigenvalue weighted by Gasteiger charge is -2.21. The van der Waals surface area contributed by atoms with Gasteiger partial charge in [-0.3, -0.25) is 4.79 Å². The van der Waals surface area contributed by atoms with Gasteiger partial charge in [-0.15, -0.1) is 11.3 Å². The first kappa shape index (κ1) is 15.8. The highest BCUT2D eigenvalue weighted by atomic mass is 32.1. The van der Waals surface area contributed by atoms with E-state index in [4.69, 9.17) is 9.26 Å². The Kier molecular flexibility index (Phi) is 3.92. The van der Waals surface area contributed by atoms with E-state index in [0.29, 0.717) is 30.6 Å². The van der Waals surface area contributed by atoms with Gasteiger partial charge in [0.05, 0.1) is 6.10 Å². The molecule has 2 unspecified atom stereocenters. The van der Waals surface area contributed by atoms with E-state index in [-0.39, 0.29) is 24.0 Å². The highest BCUT2D eigenvalue weighted by Gasteiger charge is 2.50. The number of nitrogens with zero attached hydrogens (tertiary/aromatic N) is 3. The van der Waals surface area contributed by atoms with Crippen molar-refractivity contribution in [3.05, 3.63) is 33.6 Å². The molecule has 1 saturated heterocycles. The number of thiophene rings is 1. The largest absolute Gasteiger partial charge is 0.380 e. The Morgan fingerprint density at radius 2 is 2.21 bits per heavy atom. The molecule has 1 aliphatic carbocycles. The number of rotatable bonds is 4. The van der Waals surface area contributed by atoms with Gasteiger partial charge in [-0.1, -0.05) is 5.16 Å². The van der Waals surface area contributed by atoms with Crippen LogP contribution in [0.5, 0.6) is 0 Å². The maximum absolute atomic E-state index is 13.0. The Balaban J connectivity index is 1.52. The minimum atomic E-state index is -0.171. The number of ether oxygens (including phenoxy) is 1. The van der Waals surface area contributed by atoms with Crippen LogP contribution in [0.25, 0.3) is 0 Å². The van der Waals surface area contributed by atoms with Gasteiger partial charge in [0.2, 0.25) is 11.8 Å². The Labute approximate surface area is 144 Å². The Hall–Kier alpha value is -1.73. The lowest BCUT2D eigenvalue weighted by molar-refractivity contribution is -0.134. The van der Waals surface area contributed by atoms with Crippen LogP contribution < -0.4 is 0 Å². The molecule has 2 aromatic rings. The monoisotopic (exact) mass is 347 g/mol. The molecular formula is C17H21N3O3S. The lowest BCUT2D eigenvalue weighted by atomic mass is 10.2. The quantitative estimate of drug-likeness (QED) is 0.851. The van der Waals surface area contributed by atoms with Gasteiger partial charge in [0.1, 0.15) is 6.04 Å². The number of carbonyl (C=O) groups excluding carboxylic acids is 1. The molecule has 1 saturated carbocycles. The first-order valence-electron chi connectivity index (χ1n) is 8.26. The van der Waals surface area contributed by atoms with E-state index in [1.165, 1.54) is 9.75 Å². The Morgan fingerprint density at radius 1 is 1.38 bits per heavy atom. The zero-order valence-corrected chi connectivity index (χ0v) is 14.9. The number of aromatic nitrogens is 2. The fourth-order valence-corrected chi connectivity index (χ4v) is 4.60. The third-order valence-corrected chi connectivity index (χ3v) is 6.07. The van der Waals surface area contributed by atoms with Crippen molar-refractivity contribution in [2.24, 2.45) is 5.92 Å². The normalized spacial score (nSPS) is 29.2. The first-order chi connectivity index (χ1) is 11.6. The molecule has 1 aliphatic heterocycles. The predicted molar refractivity (Wildman–Crippen MR) is 88.8 cm³/mol. The van der Waals surface area contributed by atoms with Crippen molar-refractivity contribution in [1.82, 2.24) is 15.0 Å². The summed E-state index contributed by atoms with van der Waals surface area (Å²) in [5.74, 6) is 1.74. The number of hydrogen-bond donors (Lipinski definition) is 0. The van der Waals surface area contributed by atoms with Crippen molar-refractivity contribution in [3.63, 3.8) is 0 Å². The fraction of sp³-hybridized carbons (Fsp3) is 0.588. The second kappa shape index (κ2) is 5.97. The molecule has 1 amide bonds. The van der Waals surface area contributed by atoms with E-state index in [2.05, 4.69) is 29.2 Å². The van der Waals surface area contributed by atoms with Crippen LogP contribution in [0, 0.1) is 19.8 Å². The molecule has 0 N–H and O–H groups in total. The van der Waals surface area contributed by atoms with E-state index >= 15 is 0 Å². The van der Waals surface area contributed by atoms with Crippen LogP contribution in [0.15, 0.2) is 16.7 Å². The molecule has 0 spiro atoms. The lowest BCUT2D eigenvalue weighted by Crippen LogP contribution is -2.33.